The molecule has 0 saturated carbocycles. The van der Waals surface area contributed by atoms with E-state index in [2.05, 4.69) is 9.83 Å². The van der Waals surface area contributed by atoms with Crippen molar-refractivity contribution in [3.8, 4) is 17.2 Å². The summed E-state index contributed by atoms with van der Waals surface area (Å²) in [5.74, 6) is 1.03. The standard InChI is InChI=1S/C23H15N3O4/c1-24-22-21(29-15-16-6-3-2-4-7-16)14-20-19(8-5-13-25-20)23(22)30-18-11-9-17(10-12-18)26(27)28/h2-14H,15H2. The summed E-state index contributed by atoms with van der Waals surface area (Å²) < 4.78 is 11.9. The number of nitro benzene ring substituents is 1. The molecule has 0 atom stereocenters. The lowest BCUT2D eigenvalue weighted by atomic mass is 10.1. The van der Waals surface area contributed by atoms with Crippen LogP contribution < -0.4 is 9.47 Å². The first kappa shape index (κ1) is 18.9. The molecule has 0 aliphatic rings. The minimum absolute atomic E-state index is 0.0424. The molecule has 4 rings (SSSR count). The van der Waals surface area contributed by atoms with E-state index in [9.17, 15) is 10.1 Å². The number of fused-ring (bicyclic) bond motifs is 1. The maximum atomic E-state index is 10.9. The Hall–Kier alpha value is -4.44. The lowest BCUT2D eigenvalue weighted by Crippen LogP contribution is -1.97. The Morgan fingerprint density at radius 3 is 2.50 bits per heavy atom. The zero-order valence-corrected chi connectivity index (χ0v) is 15.7. The number of ether oxygens (including phenoxy) is 2. The van der Waals surface area contributed by atoms with Gasteiger partial charge in [0.25, 0.3) is 11.4 Å². The van der Waals surface area contributed by atoms with Gasteiger partial charge in [0.1, 0.15) is 23.9 Å². The van der Waals surface area contributed by atoms with E-state index in [0.717, 1.165) is 5.56 Å². The molecule has 1 aromatic heterocycles. The average Bonchev–Trinajstić information content (AvgIpc) is 2.78. The molecule has 0 fully saturated rings. The van der Waals surface area contributed by atoms with Crippen LogP contribution in [0.3, 0.4) is 0 Å². The van der Waals surface area contributed by atoms with Gasteiger partial charge < -0.3 is 9.47 Å². The van der Waals surface area contributed by atoms with Gasteiger partial charge in [-0.3, -0.25) is 15.1 Å². The van der Waals surface area contributed by atoms with Crippen LogP contribution >= 0.6 is 0 Å². The van der Waals surface area contributed by atoms with Gasteiger partial charge in [-0.2, -0.15) is 0 Å². The highest BCUT2D eigenvalue weighted by Gasteiger charge is 2.18. The number of pyridine rings is 1. The molecular formula is C23H15N3O4. The molecule has 0 N–H and O–H groups in total. The van der Waals surface area contributed by atoms with Gasteiger partial charge in [0, 0.05) is 23.7 Å². The zero-order valence-electron chi connectivity index (χ0n) is 15.7. The highest BCUT2D eigenvalue weighted by atomic mass is 16.6. The highest BCUT2D eigenvalue weighted by Crippen LogP contribution is 2.45. The van der Waals surface area contributed by atoms with Gasteiger partial charge in [0.2, 0.25) is 0 Å². The Labute approximate surface area is 172 Å². The van der Waals surface area contributed by atoms with Crippen LogP contribution in [-0.2, 0) is 6.61 Å². The summed E-state index contributed by atoms with van der Waals surface area (Å²) >= 11 is 0. The van der Waals surface area contributed by atoms with Gasteiger partial charge in [0.15, 0.2) is 0 Å². The minimum Gasteiger partial charge on any atom is -0.500 e. The Balaban J connectivity index is 1.75. The van der Waals surface area contributed by atoms with E-state index in [1.165, 1.54) is 24.3 Å². The van der Waals surface area contributed by atoms with Crippen LogP contribution in [0.25, 0.3) is 15.7 Å². The first-order chi connectivity index (χ1) is 14.7. The van der Waals surface area contributed by atoms with Crippen LogP contribution in [0.2, 0.25) is 0 Å². The molecule has 0 spiro atoms. The van der Waals surface area contributed by atoms with Crippen molar-refractivity contribution in [3.05, 3.63) is 106 Å². The first-order valence-corrected chi connectivity index (χ1v) is 9.04. The van der Waals surface area contributed by atoms with Crippen LogP contribution in [0, 0.1) is 16.7 Å². The van der Waals surface area contributed by atoms with Crippen molar-refractivity contribution in [1.29, 1.82) is 0 Å². The Bertz CT molecular complexity index is 1250. The molecule has 0 saturated heterocycles. The van der Waals surface area contributed by atoms with E-state index < -0.39 is 4.92 Å². The smallest absolute Gasteiger partial charge is 0.270 e. The monoisotopic (exact) mass is 397 g/mol. The van der Waals surface area contributed by atoms with Gasteiger partial charge in [-0.25, -0.2) is 4.85 Å². The molecule has 4 aromatic rings. The normalized spacial score (nSPS) is 10.4. The van der Waals surface area contributed by atoms with Gasteiger partial charge in [0.05, 0.1) is 17.0 Å². The van der Waals surface area contributed by atoms with Crippen molar-refractivity contribution >= 4 is 22.3 Å². The predicted octanol–water partition coefficient (Wildman–Crippen LogP) is 6.07. The summed E-state index contributed by atoms with van der Waals surface area (Å²) in [6.07, 6.45) is 1.65. The summed E-state index contributed by atoms with van der Waals surface area (Å²) in [5, 5.41) is 11.5. The van der Waals surface area contributed by atoms with E-state index in [-0.39, 0.29) is 11.4 Å². The summed E-state index contributed by atoms with van der Waals surface area (Å²) in [6.45, 7) is 7.99. The van der Waals surface area contributed by atoms with E-state index in [0.29, 0.717) is 34.8 Å². The summed E-state index contributed by atoms with van der Waals surface area (Å²) in [4.78, 5) is 18.4. The lowest BCUT2D eigenvalue weighted by molar-refractivity contribution is -0.384. The zero-order chi connectivity index (χ0) is 20.9. The molecule has 0 bridgehead atoms. The van der Waals surface area contributed by atoms with Crippen molar-refractivity contribution in [3.63, 3.8) is 0 Å². The molecule has 0 amide bonds. The maximum Gasteiger partial charge on any atom is 0.270 e. The highest BCUT2D eigenvalue weighted by molar-refractivity contribution is 5.94. The van der Waals surface area contributed by atoms with Gasteiger partial charge >= 0.3 is 0 Å². The molecule has 7 nitrogen and oxygen atoms in total. The SMILES string of the molecule is [C-]#[N+]c1c(OCc2ccccc2)cc2ncccc2c1Oc1ccc([N+](=O)[O-])cc1. The van der Waals surface area contributed by atoms with Crippen LogP contribution in [0.5, 0.6) is 17.2 Å². The summed E-state index contributed by atoms with van der Waals surface area (Å²) in [7, 11) is 0. The van der Waals surface area contributed by atoms with Crippen LogP contribution in [0.4, 0.5) is 11.4 Å². The van der Waals surface area contributed by atoms with E-state index >= 15 is 0 Å². The predicted molar refractivity (Wildman–Crippen MR) is 112 cm³/mol. The van der Waals surface area contributed by atoms with Gasteiger partial charge in [-0.15, -0.1) is 0 Å². The quantitative estimate of drug-likeness (QED) is 0.224. The van der Waals surface area contributed by atoms with E-state index in [1.807, 2.05) is 30.3 Å². The van der Waals surface area contributed by atoms with Crippen molar-refractivity contribution in [1.82, 2.24) is 4.98 Å². The fourth-order valence-corrected chi connectivity index (χ4v) is 2.96. The van der Waals surface area contributed by atoms with Crippen molar-refractivity contribution in [2.75, 3.05) is 0 Å². The maximum absolute atomic E-state index is 10.9. The molecule has 0 aliphatic heterocycles. The molecule has 3 aromatic carbocycles. The third kappa shape index (κ3) is 3.88. The second-order valence-electron chi connectivity index (χ2n) is 6.36. The molecular weight excluding hydrogens is 382 g/mol. The van der Waals surface area contributed by atoms with Crippen LogP contribution in [-0.4, -0.2) is 9.91 Å². The Morgan fingerprint density at radius 1 is 1.03 bits per heavy atom. The lowest BCUT2D eigenvalue weighted by Gasteiger charge is -2.15. The molecule has 146 valence electrons. The second kappa shape index (κ2) is 8.29. The number of benzene rings is 3. The Morgan fingerprint density at radius 2 is 1.80 bits per heavy atom. The third-order valence-electron chi connectivity index (χ3n) is 4.42. The fraction of sp³-hybridized carbons (Fsp3) is 0.0435. The van der Waals surface area contributed by atoms with Crippen molar-refractivity contribution in [2.24, 2.45) is 0 Å². The number of aromatic nitrogens is 1. The number of hydrogen-bond donors (Lipinski definition) is 0. The van der Waals surface area contributed by atoms with Crippen molar-refractivity contribution in [2.45, 2.75) is 6.61 Å². The molecule has 7 heteroatoms. The fourth-order valence-electron chi connectivity index (χ4n) is 2.96. The van der Waals surface area contributed by atoms with Gasteiger partial charge in [-0.05, 0) is 35.9 Å². The first-order valence-electron chi connectivity index (χ1n) is 9.04. The average molecular weight is 397 g/mol. The minimum atomic E-state index is -0.480. The largest absolute Gasteiger partial charge is 0.500 e. The Kier molecular flexibility index (Phi) is 5.22. The number of rotatable bonds is 6. The van der Waals surface area contributed by atoms with Gasteiger partial charge in [-0.1, -0.05) is 30.3 Å². The summed E-state index contributed by atoms with van der Waals surface area (Å²) in [6, 6.07) is 20.6. The van der Waals surface area contributed by atoms with Crippen LogP contribution in [0.1, 0.15) is 5.56 Å². The van der Waals surface area contributed by atoms with E-state index in [4.69, 9.17) is 16.0 Å². The molecule has 0 unspecified atom stereocenters. The van der Waals surface area contributed by atoms with Crippen molar-refractivity contribution < 1.29 is 14.4 Å². The second-order valence-corrected chi connectivity index (χ2v) is 6.36. The number of hydrogen-bond acceptors (Lipinski definition) is 5. The van der Waals surface area contributed by atoms with E-state index in [1.54, 1.807) is 24.4 Å². The van der Waals surface area contributed by atoms with Crippen LogP contribution in [0.15, 0.2) is 79.0 Å². The molecule has 0 radical (unpaired) electrons. The molecule has 0 aliphatic carbocycles. The summed E-state index contributed by atoms with van der Waals surface area (Å²) in [5.41, 5.74) is 1.75. The molecule has 1 heterocycles. The number of non-ortho nitro benzene ring substituents is 1. The number of nitro groups is 1. The third-order valence-corrected chi connectivity index (χ3v) is 4.42. The number of nitrogens with zero attached hydrogens (tertiary/aromatic N) is 3. The molecule has 30 heavy (non-hydrogen) atoms. The topological polar surface area (TPSA) is 78.8 Å².